The highest BCUT2D eigenvalue weighted by Gasteiger charge is 2.23. The second-order valence-electron chi connectivity index (χ2n) is 7.57. The number of aromatic nitrogens is 3. The van der Waals surface area contributed by atoms with Crippen LogP contribution in [-0.4, -0.2) is 54.3 Å². The number of ether oxygens (including phenoxy) is 1. The lowest BCUT2D eigenvalue weighted by Crippen LogP contribution is -3.14. The summed E-state index contributed by atoms with van der Waals surface area (Å²) < 4.78 is 5.46. The second kappa shape index (κ2) is 8.11. The third kappa shape index (κ3) is 3.62. The van der Waals surface area contributed by atoms with E-state index in [1.165, 1.54) is 35.2 Å². The second-order valence-corrected chi connectivity index (χ2v) is 8.65. The molecule has 1 aliphatic carbocycles. The fourth-order valence-corrected chi connectivity index (χ4v) is 5.46. The number of hydrogen-bond donors (Lipinski definition) is 2. The number of aryl methyl sites for hydroxylation is 2. The van der Waals surface area contributed by atoms with Crippen molar-refractivity contribution in [3.05, 3.63) is 35.0 Å². The van der Waals surface area contributed by atoms with E-state index in [9.17, 15) is 0 Å². The average molecular weight is 397 g/mol. The molecule has 3 aromatic heterocycles. The van der Waals surface area contributed by atoms with E-state index in [1.54, 1.807) is 11.1 Å². The summed E-state index contributed by atoms with van der Waals surface area (Å²) >= 11 is 1.84. The number of pyridine rings is 1. The number of morpholine rings is 1. The third-order valence-corrected chi connectivity index (χ3v) is 6.87. The number of thiophene rings is 1. The number of nitrogens with zero attached hydrogens (tertiary/aromatic N) is 3. The summed E-state index contributed by atoms with van der Waals surface area (Å²) in [6.45, 7) is 6.16. The molecule has 0 atom stereocenters. The van der Waals surface area contributed by atoms with Crippen molar-refractivity contribution >= 4 is 27.4 Å². The summed E-state index contributed by atoms with van der Waals surface area (Å²) in [5.41, 5.74) is 2.44. The van der Waals surface area contributed by atoms with Crippen molar-refractivity contribution < 1.29 is 9.64 Å². The van der Waals surface area contributed by atoms with Crippen molar-refractivity contribution in [2.75, 3.05) is 44.7 Å². The first-order chi connectivity index (χ1) is 13.9. The van der Waals surface area contributed by atoms with Gasteiger partial charge in [0.2, 0.25) is 0 Å². The molecule has 0 bridgehead atoms. The number of anilines is 1. The van der Waals surface area contributed by atoms with Crippen LogP contribution in [0.2, 0.25) is 0 Å². The molecule has 2 N–H and O–H groups in total. The Hall–Kier alpha value is -2.09. The monoisotopic (exact) mass is 396 g/mol. The number of quaternary nitrogens is 1. The van der Waals surface area contributed by atoms with Crippen molar-refractivity contribution in [3.8, 4) is 11.4 Å². The van der Waals surface area contributed by atoms with E-state index >= 15 is 0 Å². The van der Waals surface area contributed by atoms with Crippen LogP contribution in [0.1, 0.15) is 23.3 Å². The maximum Gasteiger partial charge on any atom is 0.164 e. The lowest BCUT2D eigenvalue weighted by molar-refractivity contribution is -0.908. The minimum Gasteiger partial charge on any atom is -0.370 e. The smallest absolute Gasteiger partial charge is 0.164 e. The van der Waals surface area contributed by atoms with E-state index in [0.29, 0.717) is 0 Å². The Labute approximate surface area is 169 Å². The average Bonchev–Trinajstić information content (AvgIpc) is 3.33. The molecule has 146 valence electrons. The molecule has 5 rings (SSSR count). The summed E-state index contributed by atoms with van der Waals surface area (Å²) in [6.07, 6.45) is 8.34. The molecule has 1 fully saturated rings. The Bertz CT molecular complexity index is 952. The minimum absolute atomic E-state index is 0.766. The van der Waals surface area contributed by atoms with E-state index in [-0.39, 0.29) is 0 Å². The van der Waals surface area contributed by atoms with Crippen LogP contribution in [0.25, 0.3) is 21.6 Å². The topological polar surface area (TPSA) is 64.4 Å². The molecule has 0 spiro atoms. The van der Waals surface area contributed by atoms with Gasteiger partial charge in [0.15, 0.2) is 5.82 Å². The highest BCUT2D eigenvalue weighted by molar-refractivity contribution is 7.19. The number of hydrogen-bond acceptors (Lipinski definition) is 6. The fourth-order valence-electron chi connectivity index (χ4n) is 4.20. The molecule has 7 heteroatoms. The zero-order valence-corrected chi connectivity index (χ0v) is 16.9. The first-order valence-electron chi connectivity index (χ1n) is 10.3. The van der Waals surface area contributed by atoms with Crippen LogP contribution in [0, 0.1) is 0 Å². The Morgan fingerprint density at radius 3 is 2.96 bits per heavy atom. The van der Waals surface area contributed by atoms with E-state index in [1.807, 2.05) is 29.7 Å². The molecule has 0 amide bonds. The van der Waals surface area contributed by atoms with Gasteiger partial charge in [-0.1, -0.05) is 0 Å². The Kier molecular flexibility index (Phi) is 5.20. The van der Waals surface area contributed by atoms with Crippen LogP contribution in [0.5, 0.6) is 0 Å². The molecular weight excluding hydrogens is 370 g/mol. The molecule has 0 radical (unpaired) electrons. The SMILES string of the molecule is c1cncc(-c2nc(NCCC[NH+]3CCOCC3)c3c4c(sc3n2)CCC4)c1. The molecular formula is C21H26N5OS+. The Balaban J connectivity index is 1.39. The highest BCUT2D eigenvalue weighted by atomic mass is 32.1. The van der Waals surface area contributed by atoms with Crippen LogP contribution in [0.4, 0.5) is 5.82 Å². The first-order valence-corrected chi connectivity index (χ1v) is 11.1. The molecule has 2 aliphatic rings. The molecule has 1 saturated heterocycles. The molecule has 6 nitrogen and oxygen atoms in total. The van der Waals surface area contributed by atoms with Gasteiger partial charge in [-0.2, -0.15) is 0 Å². The number of nitrogens with one attached hydrogen (secondary N) is 2. The minimum atomic E-state index is 0.766. The van der Waals surface area contributed by atoms with Crippen LogP contribution < -0.4 is 10.2 Å². The quantitative estimate of drug-likeness (QED) is 0.624. The normalized spacial score (nSPS) is 17.1. The standard InChI is InChI=1S/C21H25N5OS/c1-5-16-17(6-1)28-21-18(16)20(23-8-3-9-26-10-12-27-13-11-26)24-19(25-21)15-4-2-7-22-14-15/h2,4,7,14H,1,3,5-6,8-13H2,(H,23,24,25)/p+1. The van der Waals surface area contributed by atoms with Gasteiger partial charge in [0, 0.05) is 35.8 Å². The maximum atomic E-state index is 5.46. The third-order valence-electron chi connectivity index (χ3n) is 5.68. The molecule has 3 aromatic rings. The van der Waals surface area contributed by atoms with Gasteiger partial charge in [-0.15, -0.1) is 11.3 Å². The summed E-state index contributed by atoms with van der Waals surface area (Å²) in [5.74, 6) is 1.77. The van der Waals surface area contributed by atoms with Gasteiger partial charge >= 0.3 is 0 Å². The molecule has 1 aliphatic heterocycles. The molecule has 0 unspecified atom stereocenters. The fraction of sp³-hybridized carbons (Fsp3) is 0.476. The van der Waals surface area contributed by atoms with E-state index in [4.69, 9.17) is 14.7 Å². The van der Waals surface area contributed by atoms with Crippen LogP contribution in [0.15, 0.2) is 24.5 Å². The van der Waals surface area contributed by atoms with E-state index in [2.05, 4.69) is 10.3 Å². The maximum absolute atomic E-state index is 5.46. The van der Waals surface area contributed by atoms with E-state index in [0.717, 1.165) is 67.7 Å². The van der Waals surface area contributed by atoms with Gasteiger partial charge in [-0.05, 0) is 37.0 Å². The van der Waals surface area contributed by atoms with Crippen LogP contribution in [0.3, 0.4) is 0 Å². The number of rotatable bonds is 6. The molecule has 4 heterocycles. The van der Waals surface area contributed by atoms with Crippen molar-refractivity contribution in [3.63, 3.8) is 0 Å². The predicted molar refractivity (Wildman–Crippen MR) is 112 cm³/mol. The lowest BCUT2D eigenvalue weighted by atomic mass is 10.1. The van der Waals surface area contributed by atoms with E-state index < -0.39 is 0 Å². The van der Waals surface area contributed by atoms with Crippen molar-refractivity contribution in [1.82, 2.24) is 15.0 Å². The zero-order chi connectivity index (χ0) is 18.8. The highest BCUT2D eigenvalue weighted by Crippen LogP contribution is 2.40. The van der Waals surface area contributed by atoms with Gasteiger partial charge in [-0.25, -0.2) is 9.97 Å². The summed E-state index contributed by atoms with van der Waals surface area (Å²) in [5, 5.41) is 4.90. The first kappa shape index (κ1) is 18.0. The van der Waals surface area contributed by atoms with Gasteiger partial charge in [-0.3, -0.25) is 4.98 Å². The van der Waals surface area contributed by atoms with Crippen LogP contribution >= 0.6 is 11.3 Å². The van der Waals surface area contributed by atoms with Crippen molar-refractivity contribution in [2.24, 2.45) is 0 Å². The summed E-state index contributed by atoms with van der Waals surface area (Å²) in [4.78, 5) is 18.3. The summed E-state index contributed by atoms with van der Waals surface area (Å²) in [7, 11) is 0. The van der Waals surface area contributed by atoms with Gasteiger partial charge < -0.3 is 15.0 Å². The molecule has 28 heavy (non-hydrogen) atoms. The number of fused-ring (bicyclic) bond motifs is 3. The Morgan fingerprint density at radius 2 is 2.11 bits per heavy atom. The summed E-state index contributed by atoms with van der Waals surface area (Å²) in [6, 6.07) is 3.97. The van der Waals surface area contributed by atoms with Crippen molar-refractivity contribution in [2.45, 2.75) is 25.7 Å². The van der Waals surface area contributed by atoms with Crippen LogP contribution in [-0.2, 0) is 17.6 Å². The lowest BCUT2D eigenvalue weighted by Gasteiger charge is -2.23. The molecule has 0 aromatic carbocycles. The van der Waals surface area contributed by atoms with Crippen molar-refractivity contribution in [1.29, 1.82) is 0 Å². The zero-order valence-electron chi connectivity index (χ0n) is 16.0. The Morgan fingerprint density at radius 1 is 1.18 bits per heavy atom. The van der Waals surface area contributed by atoms with Gasteiger partial charge in [0.25, 0.3) is 0 Å². The molecule has 0 saturated carbocycles. The van der Waals surface area contributed by atoms with Gasteiger partial charge in [0.05, 0.1) is 25.1 Å². The van der Waals surface area contributed by atoms with Gasteiger partial charge in [0.1, 0.15) is 23.7 Å². The largest absolute Gasteiger partial charge is 0.370 e. The predicted octanol–water partition coefficient (Wildman–Crippen LogP) is 1.96.